The lowest BCUT2D eigenvalue weighted by molar-refractivity contribution is -0.143. The van der Waals surface area contributed by atoms with Crippen LogP contribution in [0.4, 0.5) is 0 Å². The van der Waals surface area contributed by atoms with Gasteiger partial charge in [-0.1, -0.05) is 67.2 Å². The van der Waals surface area contributed by atoms with E-state index in [9.17, 15) is 14.4 Å². The predicted octanol–water partition coefficient (Wildman–Crippen LogP) is 4.82. The average Bonchev–Trinajstić information content (AvgIpc) is 2.92. The molecule has 0 saturated heterocycles. The zero-order chi connectivity index (χ0) is 33.3. The number of carbonyl (C=O) groups excluding carboxylic acids is 3. The largest absolute Gasteiger partial charge is 0.468 e. The van der Waals surface area contributed by atoms with Gasteiger partial charge in [-0.2, -0.15) is 0 Å². The molecule has 0 heterocycles. The number of rotatable bonds is 15. The number of nitrogens with zero attached hydrogens (tertiary/aromatic N) is 1. The molecule has 41 heavy (non-hydrogen) atoms. The Morgan fingerprint density at radius 2 is 1.34 bits per heavy atom. The fraction of sp³-hybridized carbons (Fsp3) is 0.903. The molecule has 0 bridgehead atoms. The van der Waals surface area contributed by atoms with E-state index >= 15 is 0 Å². The average molecular weight is 596 g/mol. The molecule has 1 unspecified atom stereocenters. The molecule has 0 aliphatic carbocycles. The van der Waals surface area contributed by atoms with Crippen molar-refractivity contribution < 1.29 is 33.7 Å². The summed E-state index contributed by atoms with van der Waals surface area (Å²) in [6.07, 6.45) is 7.90. The van der Waals surface area contributed by atoms with Crippen molar-refractivity contribution in [3.05, 3.63) is 0 Å². The molecule has 0 saturated carbocycles. The smallest absolute Gasteiger partial charge is 0.325 e. The number of aliphatic hydroxyl groups excluding tert-OH is 1. The molecule has 10 heteroatoms. The van der Waals surface area contributed by atoms with E-state index in [-0.39, 0.29) is 30.5 Å². The lowest BCUT2D eigenvalue weighted by Crippen LogP contribution is -2.52. The minimum Gasteiger partial charge on any atom is -0.468 e. The van der Waals surface area contributed by atoms with Crippen LogP contribution in [0.5, 0.6) is 0 Å². The first-order valence-electron chi connectivity index (χ1n) is 15.0. The summed E-state index contributed by atoms with van der Waals surface area (Å²) >= 11 is 0. The van der Waals surface area contributed by atoms with Gasteiger partial charge in [0.25, 0.3) is 0 Å². The molecule has 0 radical (unpaired) electrons. The van der Waals surface area contributed by atoms with Crippen LogP contribution in [0.3, 0.4) is 0 Å². The number of hydrogen-bond acceptors (Lipinski definition) is 8. The summed E-state index contributed by atoms with van der Waals surface area (Å²) in [4.78, 5) is 36.7. The van der Waals surface area contributed by atoms with Gasteiger partial charge in [0.2, 0.25) is 11.8 Å². The number of esters is 1. The second-order valence-corrected chi connectivity index (χ2v) is 10.8. The van der Waals surface area contributed by atoms with Crippen molar-refractivity contribution in [2.75, 3.05) is 61.7 Å². The lowest BCUT2D eigenvalue weighted by atomic mass is 10.1. The monoisotopic (exact) mass is 596 g/mol. The Hall–Kier alpha value is -1.75. The second-order valence-electron chi connectivity index (χ2n) is 10.8. The number of amides is 2. The van der Waals surface area contributed by atoms with Gasteiger partial charge in [0.05, 0.1) is 19.3 Å². The number of aliphatic hydroxyl groups is 1. The highest BCUT2D eigenvalue weighted by molar-refractivity contribution is 5.90. The highest BCUT2D eigenvalue weighted by Crippen LogP contribution is 2.07. The number of nitrogens with one attached hydrogen (secondary N) is 2. The third-order valence-electron chi connectivity index (χ3n) is 4.88. The molecular formula is C31H69N3O7. The SMILES string of the molecule is CC(C)C.CCCCCCCOC.CCCN(C(=O)CNC)C(CC)C(=O)NCC(=O)OC.CO.COC(C)(C)C. The van der Waals surface area contributed by atoms with E-state index in [4.69, 9.17) is 14.6 Å². The zero-order valence-corrected chi connectivity index (χ0v) is 29.3. The van der Waals surface area contributed by atoms with E-state index in [1.165, 1.54) is 39.2 Å². The fourth-order valence-corrected chi connectivity index (χ4v) is 2.69. The summed E-state index contributed by atoms with van der Waals surface area (Å²) in [5.74, 6) is -0.151. The van der Waals surface area contributed by atoms with Crippen molar-refractivity contribution in [2.24, 2.45) is 5.92 Å². The van der Waals surface area contributed by atoms with Crippen LogP contribution in [0.2, 0.25) is 0 Å². The zero-order valence-electron chi connectivity index (χ0n) is 29.3. The Kier molecular flexibility index (Phi) is 43.3. The van der Waals surface area contributed by atoms with Gasteiger partial charge in [-0.25, -0.2) is 0 Å². The maximum absolute atomic E-state index is 12.1. The van der Waals surface area contributed by atoms with Crippen LogP contribution in [-0.2, 0) is 28.6 Å². The quantitative estimate of drug-likeness (QED) is 0.182. The van der Waals surface area contributed by atoms with Gasteiger partial charge >= 0.3 is 5.97 Å². The molecule has 1 atom stereocenters. The summed E-state index contributed by atoms with van der Waals surface area (Å²) in [6.45, 7) is 20.0. The van der Waals surface area contributed by atoms with Crippen LogP contribution >= 0.6 is 0 Å². The van der Waals surface area contributed by atoms with Gasteiger partial charge in [0.1, 0.15) is 12.6 Å². The fourth-order valence-electron chi connectivity index (χ4n) is 2.69. The van der Waals surface area contributed by atoms with Crippen LogP contribution in [0.25, 0.3) is 0 Å². The van der Waals surface area contributed by atoms with E-state index in [0.29, 0.717) is 13.0 Å². The molecule has 0 aromatic carbocycles. The topological polar surface area (TPSA) is 126 Å². The molecule has 0 aromatic heterocycles. The van der Waals surface area contributed by atoms with Gasteiger partial charge in [0.15, 0.2) is 0 Å². The van der Waals surface area contributed by atoms with Gasteiger partial charge in [0, 0.05) is 34.5 Å². The summed E-state index contributed by atoms with van der Waals surface area (Å²) < 4.78 is 14.3. The predicted molar refractivity (Wildman–Crippen MR) is 171 cm³/mol. The third-order valence-corrected chi connectivity index (χ3v) is 4.88. The van der Waals surface area contributed by atoms with Gasteiger partial charge in [-0.15, -0.1) is 0 Å². The van der Waals surface area contributed by atoms with Gasteiger partial charge in [-0.3, -0.25) is 14.4 Å². The molecule has 0 aliphatic rings. The summed E-state index contributed by atoms with van der Waals surface area (Å²) in [6, 6.07) is -0.569. The first-order chi connectivity index (χ1) is 19.2. The molecule has 0 spiro atoms. The molecule has 0 aromatic rings. The Morgan fingerprint density at radius 3 is 1.68 bits per heavy atom. The van der Waals surface area contributed by atoms with Crippen LogP contribution in [0, 0.1) is 5.92 Å². The van der Waals surface area contributed by atoms with E-state index < -0.39 is 12.0 Å². The number of methoxy groups -OCH3 is 3. The lowest BCUT2D eigenvalue weighted by Gasteiger charge is -2.30. The van der Waals surface area contributed by atoms with E-state index in [1.807, 2.05) is 34.6 Å². The maximum atomic E-state index is 12.1. The van der Waals surface area contributed by atoms with Crippen molar-refractivity contribution in [1.29, 1.82) is 0 Å². The van der Waals surface area contributed by atoms with Gasteiger partial charge < -0.3 is 34.9 Å². The normalized spacial score (nSPS) is 10.6. The van der Waals surface area contributed by atoms with E-state index in [2.05, 4.69) is 43.1 Å². The summed E-state index contributed by atoms with van der Waals surface area (Å²) in [7, 11) is 7.41. The summed E-state index contributed by atoms with van der Waals surface area (Å²) in [5.41, 5.74) is 0.0417. The minimum absolute atomic E-state index is 0.0417. The number of likely N-dealkylation sites (N-methyl/N-ethyl adjacent to an activating group) is 1. The molecule has 0 rings (SSSR count). The molecule has 0 fully saturated rings. The number of ether oxygens (including phenoxy) is 3. The number of hydrogen-bond donors (Lipinski definition) is 3. The van der Waals surface area contributed by atoms with Crippen molar-refractivity contribution in [1.82, 2.24) is 15.5 Å². The number of carbonyl (C=O) groups is 3. The molecule has 10 nitrogen and oxygen atoms in total. The van der Waals surface area contributed by atoms with Crippen molar-refractivity contribution in [2.45, 2.75) is 119 Å². The first-order valence-corrected chi connectivity index (χ1v) is 15.0. The molecule has 2 amide bonds. The van der Waals surface area contributed by atoms with Crippen LogP contribution < -0.4 is 10.6 Å². The first kappa shape index (κ1) is 49.0. The third kappa shape index (κ3) is 42.8. The molecule has 3 N–H and O–H groups in total. The number of unbranched alkanes of at least 4 members (excludes halogenated alkanes) is 4. The Bertz CT molecular complexity index is 560. The van der Waals surface area contributed by atoms with Crippen molar-refractivity contribution >= 4 is 17.8 Å². The second kappa shape index (κ2) is 36.3. The van der Waals surface area contributed by atoms with Crippen LogP contribution in [0.1, 0.15) is 107 Å². The van der Waals surface area contributed by atoms with E-state index in [0.717, 1.165) is 26.1 Å². The highest BCUT2D eigenvalue weighted by Gasteiger charge is 2.27. The standard InChI is InChI=1S/C13H25N3O4.C8H18O.C5H12O.C4H10.CH4O/c1-5-7-16(11(17)8-14-3)10(6-2)13(19)15-9-12(18)20-4;1-3-4-5-6-7-8-9-2;1-5(2,3)6-4;1-4(2)3;1-2/h10,14H,5-9H2,1-4H3,(H,15,19);3-8H2,1-2H3;1-4H3;4H,1-3H3;2H,1H3. The molecule has 250 valence electrons. The molecular weight excluding hydrogens is 526 g/mol. The van der Waals surface area contributed by atoms with Crippen LogP contribution in [0.15, 0.2) is 0 Å². The van der Waals surface area contributed by atoms with Crippen molar-refractivity contribution in [3.63, 3.8) is 0 Å². The Morgan fingerprint density at radius 1 is 0.854 bits per heavy atom. The minimum atomic E-state index is -0.569. The Labute approximate surface area is 253 Å². The van der Waals surface area contributed by atoms with Crippen molar-refractivity contribution in [3.8, 4) is 0 Å². The maximum Gasteiger partial charge on any atom is 0.325 e. The van der Waals surface area contributed by atoms with Gasteiger partial charge in [-0.05, 0) is 53.0 Å². The summed E-state index contributed by atoms with van der Waals surface area (Å²) in [5, 5.41) is 12.3. The van der Waals surface area contributed by atoms with Crippen LogP contribution in [-0.4, -0.2) is 101 Å². The van der Waals surface area contributed by atoms with E-state index in [1.54, 1.807) is 26.2 Å². The highest BCUT2D eigenvalue weighted by atomic mass is 16.5. The molecule has 0 aliphatic heterocycles. The Balaban J connectivity index is -0.000000169.